The first kappa shape index (κ1) is 16.5. The van der Waals surface area contributed by atoms with Gasteiger partial charge in [-0.3, -0.25) is 4.68 Å². The highest BCUT2D eigenvalue weighted by atomic mass is 79.9. The van der Waals surface area contributed by atoms with Crippen LogP contribution in [0.15, 0.2) is 38.7 Å². The quantitative estimate of drug-likeness (QED) is 0.759. The lowest BCUT2D eigenvalue weighted by Gasteiger charge is -2.08. The summed E-state index contributed by atoms with van der Waals surface area (Å²) >= 11 is 5.37. The van der Waals surface area contributed by atoms with Gasteiger partial charge < -0.3 is 10.1 Å². The Balaban J connectivity index is 2.00. The standard InChI is InChI=1S/C15H20BrN3OS/c1-11-8-15(19(2)18-11)21-14-5-4-12(9-13(14)16)10-17-6-7-20-3/h4-5,8-9,17H,6-7,10H2,1-3H3. The zero-order chi connectivity index (χ0) is 15.2. The molecule has 1 aromatic heterocycles. The first-order chi connectivity index (χ1) is 10.1. The van der Waals surface area contributed by atoms with E-state index in [0.717, 1.165) is 34.9 Å². The molecule has 0 spiro atoms. The molecular formula is C15H20BrN3OS. The number of aryl methyl sites for hydroxylation is 2. The SMILES string of the molecule is COCCNCc1ccc(Sc2cc(C)nn2C)c(Br)c1. The van der Waals surface area contributed by atoms with Crippen LogP contribution in [0.3, 0.4) is 0 Å². The highest BCUT2D eigenvalue weighted by Gasteiger charge is 2.08. The van der Waals surface area contributed by atoms with Gasteiger partial charge in [-0.25, -0.2) is 0 Å². The topological polar surface area (TPSA) is 39.1 Å². The average Bonchev–Trinajstić information content (AvgIpc) is 2.76. The average molecular weight is 370 g/mol. The van der Waals surface area contributed by atoms with Crippen LogP contribution in [0.1, 0.15) is 11.3 Å². The molecular weight excluding hydrogens is 350 g/mol. The van der Waals surface area contributed by atoms with Crippen LogP contribution in [0.25, 0.3) is 0 Å². The number of nitrogens with one attached hydrogen (secondary N) is 1. The van der Waals surface area contributed by atoms with Gasteiger partial charge in [-0.05, 0) is 46.6 Å². The van der Waals surface area contributed by atoms with Crippen molar-refractivity contribution in [2.75, 3.05) is 20.3 Å². The third-order valence-electron chi connectivity index (χ3n) is 2.98. The maximum absolute atomic E-state index is 5.02. The summed E-state index contributed by atoms with van der Waals surface area (Å²) in [5.74, 6) is 0. The minimum absolute atomic E-state index is 0.731. The Bertz CT molecular complexity index is 601. The second-order valence-electron chi connectivity index (χ2n) is 4.78. The van der Waals surface area contributed by atoms with Gasteiger partial charge in [0.15, 0.2) is 0 Å². The summed E-state index contributed by atoms with van der Waals surface area (Å²) in [6, 6.07) is 8.54. The van der Waals surface area contributed by atoms with Crippen LogP contribution in [0.4, 0.5) is 0 Å². The molecule has 6 heteroatoms. The van der Waals surface area contributed by atoms with Crippen molar-refractivity contribution in [3.63, 3.8) is 0 Å². The van der Waals surface area contributed by atoms with Gasteiger partial charge in [0.25, 0.3) is 0 Å². The Morgan fingerprint density at radius 1 is 1.38 bits per heavy atom. The molecule has 1 aromatic carbocycles. The number of hydrogen-bond acceptors (Lipinski definition) is 4. The van der Waals surface area contributed by atoms with Gasteiger partial charge in [-0.2, -0.15) is 5.10 Å². The minimum Gasteiger partial charge on any atom is -0.383 e. The highest BCUT2D eigenvalue weighted by Crippen LogP contribution is 2.34. The van der Waals surface area contributed by atoms with Gasteiger partial charge in [-0.1, -0.05) is 17.8 Å². The second kappa shape index (κ2) is 7.98. The fraction of sp³-hybridized carbons (Fsp3) is 0.400. The van der Waals surface area contributed by atoms with Gasteiger partial charge in [0, 0.05) is 36.6 Å². The van der Waals surface area contributed by atoms with Gasteiger partial charge >= 0.3 is 0 Å². The number of ether oxygens (including phenoxy) is 1. The van der Waals surface area contributed by atoms with Crippen molar-refractivity contribution < 1.29 is 4.74 Å². The molecule has 0 saturated carbocycles. The van der Waals surface area contributed by atoms with E-state index in [1.807, 2.05) is 18.7 Å². The fourth-order valence-corrected chi connectivity index (χ4v) is 3.53. The molecule has 21 heavy (non-hydrogen) atoms. The predicted molar refractivity (Wildman–Crippen MR) is 89.8 cm³/mol. The normalized spacial score (nSPS) is 11.0. The largest absolute Gasteiger partial charge is 0.383 e. The minimum atomic E-state index is 0.731. The van der Waals surface area contributed by atoms with E-state index >= 15 is 0 Å². The number of benzene rings is 1. The van der Waals surface area contributed by atoms with E-state index in [4.69, 9.17) is 4.74 Å². The highest BCUT2D eigenvalue weighted by molar-refractivity contribution is 9.10. The third kappa shape index (κ3) is 4.85. The molecule has 0 radical (unpaired) electrons. The third-order valence-corrected chi connectivity index (χ3v) is 5.07. The van der Waals surface area contributed by atoms with Crippen LogP contribution in [0.5, 0.6) is 0 Å². The molecule has 0 bridgehead atoms. The molecule has 2 rings (SSSR count). The molecule has 0 unspecified atom stereocenters. The molecule has 0 aliphatic rings. The van der Waals surface area contributed by atoms with E-state index in [0.29, 0.717) is 0 Å². The monoisotopic (exact) mass is 369 g/mol. The Morgan fingerprint density at radius 2 is 2.19 bits per heavy atom. The predicted octanol–water partition coefficient (Wildman–Crippen LogP) is 3.38. The van der Waals surface area contributed by atoms with Crippen LogP contribution in [-0.4, -0.2) is 30.0 Å². The molecule has 0 aliphatic heterocycles. The second-order valence-corrected chi connectivity index (χ2v) is 6.70. The maximum atomic E-state index is 5.02. The lowest BCUT2D eigenvalue weighted by atomic mass is 10.2. The first-order valence-corrected chi connectivity index (χ1v) is 8.37. The molecule has 1 N–H and O–H groups in total. The molecule has 4 nitrogen and oxygen atoms in total. The summed E-state index contributed by atoms with van der Waals surface area (Å²) in [5.41, 5.74) is 2.29. The van der Waals surface area contributed by atoms with Crippen molar-refractivity contribution >= 4 is 27.7 Å². The number of aromatic nitrogens is 2. The summed E-state index contributed by atoms with van der Waals surface area (Å²) in [5, 5.41) is 8.85. The van der Waals surface area contributed by atoms with E-state index in [1.54, 1.807) is 18.9 Å². The molecule has 0 atom stereocenters. The first-order valence-electron chi connectivity index (χ1n) is 6.76. The molecule has 2 aromatic rings. The summed E-state index contributed by atoms with van der Waals surface area (Å²) < 4.78 is 8.04. The Labute approximate surface area is 138 Å². The summed E-state index contributed by atoms with van der Waals surface area (Å²) in [6.45, 7) is 4.44. The van der Waals surface area contributed by atoms with Gasteiger partial charge in [0.2, 0.25) is 0 Å². The summed E-state index contributed by atoms with van der Waals surface area (Å²) in [4.78, 5) is 1.19. The number of hydrogen-bond donors (Lipinski definition) is 1. The van der Waals surface area contributed by atoms with Crippen molar-refractivity contribution in [3.05, 3.63) is 40.0 Å². The zero-order valence-electron chi connectivity index (χ0n) is 12.5. The van der Waals surface area contributed by atoms with Crippen molar-refractivity contribution in [2.24, 2.45) is 7.05 Å². The molecule has 0 saturated heterocycles. The molecule has 0 amide bonds. The Hall–Kier alpha value is -0.820. The van der Waals surface area contributed by atoms with E-state index < -0.39 is 0 Å². The fourth-order valence-electron chi connectivity index (χ4n) is 1.94. The van der Waals surface area contributed by atoms with Crippen molar-refractivity contribution in [2.45, 2.75) is 23.4 Å². The lowest BCUT2D eigenvalue weighted by Crippen LogP contribution is -2.18. The van der Waals surface area contributed by atoms with Crippen molar-refractivity contribution in [3.8, 4) is 0 Å². The molecule has 0 fully saturated rings. The van der Waals surface area contributed by atoms with Gasteiger partial charge in [0.05, 0.1) is 17.3 Å². The van der Waals surface area contributed by atoms with Crippen LogP contribution < -0.4 is 5.32 Å². The Kier molecular flexibility index (Phi) is 6.29. The number of rotatable bonds is 7. The van der Waals surface area contributed by atoms with Crippen molar-refractivity contribution in [1.82, 2.24) is 15.1 Å². The maximum Gasteiger partial charge on any atom is 0.0987 e. The summed E-state index contributed by atoms with van der Waals surface area (Å²) in [7, 11) is 3.68. The van der Waals surface area contributed by atoms with Crippen molar-refractivity contribution in [1.29, 1.82) is 0 Å². The van der Waals surface area contributed by atoms with E-state index in [2.05, 4.69) is 50.6 Å². The molecule has 1 heterocycles. The van der Waals surface area contributed by atoms with Crippen LogP contribution >= 0.6 is 27.7 Å². The van der Waals surface area contributed by atoms with Crippen LogP contribution in [0.2, 0.25) is 0 Å². The van der Waals surface area contributed by atoms with Crippen LogP contribution in [-0.2, 0) is 18.3 Å². The van der Waals surface area contributed by atoms with Gasteiger partial charge in [0.1, 0.15) is 0 Å². The van der Waals surface area contributed by atoms with Crippen LogP contribution in [0, 0.1) is 6.92 Å². The number of methoxy groups -OCH3 is 1. The van der Waals surface area contributed by atoms with E-state index in [9.17, 15) is 0 Å². The number of nitrogens with zero attached hydrogens (tertiary/aromatic N) is 2. The molecule has 114 valence electrons. The Morgan fingerprint density at radius 3 is 2.81 bits per heavy atom. The number of halogens is 1. The van der Waals surface area contributed by atoms with Gasteiger partial charge in [-0.15, -0.1) is 0 Å². The zero-order valence-corrected chi connectivity index (χ0v) is 14.9. The lowest BCUT2D eigenvalue weighted by molar-refractivity contribution is 0.199. The van der Waals surface area contributed by atoms with E-state index in [-0.39, 0.29) is 0 Å². The smallest absolute Gasteiger partial charge is 0.0987 e. The van der Waals surface area contributed by atoms with E-state index in [1.165, 1.54) is 10.5 Å². The molecule has 0 aliphatic carbocycles. The summed E-state index contributed by atoms with van der Waals surface area (Å²) in [6.07, 6.45) is 0.